The van der Waals surface area contributed by atoms with Gasteiger partial charge in [0.25, 0.3) is 5.91 Å². The molecule has 0 aliphatic rings. The van der Waals surface area contributed by atoms with Gasteiger partial charge in [0.2, 0.25) is 0 Å². The molecule has 4 aromatic rings. The molecule has 0 aliphatic heterocycles. The van der Waals surface area contributed by atoms with Crippen LogP contribution in [0.3, 0.4) is 0 Å². The van der Waals surface area contributed by atoms with E-state index in [4.69, 9.17) is 4.74 Å². The van der Waals surface area contributed by atoms with Crippen molar-refractivity contribution in [1.82, 2.24) is 0 Å². The Labute approximate surface area is 172 Å². The van der Waals surface area contributed by atoms with Crippen molar-refractivity contribution in [3.8, 4) is 16.9 Å². The van der Waals surface area contributed by atoms with Crippen LogP contribution in [0.1, 0.15) is 17.3 Å². The quantitative estimate of drug-likeness (QED) is 0.347. The smallest absolute Gasteiger partial charge is 0.308 e. The average Bonchev–Trinajstić information content (AvgIpc) is 2.75. The van der Waals surface area contributed by atoms with E-state index < -0.39 is 17.7 Å². The van der Waals surface area contributed by atoms with Crippen molar-refractivity contribution < 1.29 is 18.7 Å². The van der Waals surface area contributed by atoms with Gasteiger partial charge in [0.05, 0.1) is 5.69 Å². The van der Waals surface area contributed by atoms with Crippen LogP contribution in [0.2, 0.25) is 0 Å². The van der Waals surface area contributed by atoms with Crippen LogP contribution >= 0.6 is 0 Å². The number of benzene rings is 4. The highest BCUT2D eigenvalue weighted by Gasteiger charge is 2.15. The molecule has 5 heteroatoms. The van der Waals surface area contributed by atoms with Gasteiger partial charge in [-0.2, -0.15) is 0 Å². The van der Waals surface area contributed by atoms with Gasteiger partial charge in [0.15, 0.2) is 0 Å². The van der Waals surface area contributed by atoms with E-state index in [2.05, 4.69) is 5.32 Å². The first-order valence-corrected chi connectivity index (χ1v) is 9.39. The SMILES string of the molecule is CC(=O)Oc1ccc(F)c(NC(=O)c2cc(-c3ccccc3)cc3ccccc23)c1. The molecule has 0 atom stereocenters. The third kappa shape index (κ3) is 4.05. The van der Waals surface area contributed by atoms with Crippen LogP contribution in [-0.2, 0) is 4.79 Å². The summed E-state index contributed by atoms with van der Waals surface area (Å²) in [6.07, 6.45) is 0. The Morgan fingerprint density at radius 2 is 1.57 bits per heavy atom. The van der Waals surface area contributed by atoms with Crippen molar-refractivity contribution in [3.63, 3.8) is 0 Å². The number of carbonyl (C=O) groups is 2. The zero-order valence-electron chi connectivity index (χ0n) is 16.2. The van der Waals surface area contributed by atoms with Gasteiger partial charge >= 0.3 is 5.97 Å². The van der Waals surface area contributed by atoms with Crippen molar-refractivity contribution in [2.24, 2.45) is 0 Å². The molecule has 1 amide bonds. The highest BCUT2D eigenvalue weighted by molar-refractivity contribution is 6.14. The van der Waals surface area contributed by atoms with E-state index in [0.29, 0.717) is 5.56 Å². The number of fused-ring (bicyclic) bond motifs is 1. The molecule has 0 spiro atoms. The van der Waals surface area contributed by atoms with Gasteiger partial charge in [-0.25, -0.2) is 4.39 Å². The second-order valence-corrected chi connectivity index (χ2v) is 6.80. The van der Waals surface area contributed by atoms with E-state index in [0.717, 1.165) is 28.0 Å². The van der Waals surface area contributed by atoms with E-state index in [9.17, 15) is 14.0 Å². The number of anilines is 1. The molecule has 1 N–H and O–H groups in total. The van der Waals surface area contributed by atoms with Crippen LogP contribution in [0.25, 0.3) is 21.9 Å². The first-order chi connectivity index (χ1) is 14.5. The summed E-state index contributed by atoms with van der Waals surface area (Å²) in [5.74, 6) is -1.45. The maximum absolute atomic E-state index is 14.3. The van der Waals surface area contributed by atoms with Crippen molar-refractivity contribution in [2.75, 3.05) is 5.32 Å². The molecule has 0 unspecified atom stereocenters. The number of rotatable bonds is 4. The second-order valence-electron chi connectivity index (χ2n) is 6.80. The summed E-state index contributed by atoms with van der Waals surface area (Å²) >= 11 is 0. The summed E-state index contributed by atoms with van der Waals surface area (Å²) in [6, 6.07) is 24.8. The lowest BCUT2D eigenvalue weighted by atomic mass is 9.96. The second kappa shape index (κ2) is 8.17. The van der Waals surface area contributed by atoms with Crippen LogP contribution in [-0.4, -0.2) is 11.9 Å². The number of halogens is 1. The molecular formula is C25H18FNO3. The van der Waals surface area contributed by atoms with Crippen LogP contribution in [0.5, 0.6) is 5.75 Å². The van der Waals surface area contributed by atoms with E-state index in [1.54, 1.807) is 6.07 Å². The lowest BCUT2D eigenvalue weighted by molar-refractivity contribution is -0.131. The molecule has 30 heavy (non-hydrogen) atoms. The molecule has 0 saturated heterocycles. The highest BCUT2D eigenvalue weighted by atomic mass is 19.1. The van der Waals surface area contributed by atoms with E-state index in [1.807, 2.05) is 60.7 Å². The van der Waals surface area contributed by atoms with Gasteiger partial charge in [-0.15, -0.1) is 0 Å². The minimum Gasteiger partial charge on any atom is -0.427 e. The maximum Gasteiger partial charge on any atom is 0.308 e. The van der Waals surface area contributed by atoms with Crippen molar-refractivity contribution in [3.05, 3.63) is 96.3 Å². The first kappa shape index (κ1) is 19.3. The zero-order valence-corrected chi connectivity index (χ0v) is 16.2. The van der Waals surface area contributed by atoms with E-state index in [-0.39, 0.29) is 11.4 Å². The topological polar surface area (TPSA) is 55.4 Å². The average molecular weight is 399 g/mol. The fourth-order valence-corrected chi connectivity index (χ4v) is 3.32. The number of esters is 1. The number of nitrogens with one attached hydrogen (secondary N) is 1. The Balaban J connectivity index is 1.76. The lowest BCUT2D eigenvalue weighted by Crippen LogP contribution is -2.14. The van der Waals surface area contributed by atoms with E-state index in [1.165, 1.54) is 19.1 Å². The number of hydrogen-bond donors (Lipinski definition) is 1. The van der Waals surface area contributed by atoms with Crippen molar-refractivity contribution in [1.29, 1.82) is 0 Å². The third-order valence-electron chi connectivity index (χ3n) is 4.66. The molecule has 0 fully saturated rings. The number of hydrogen-bond acceptors (Lipinski definition) is 3. The summed E-state index contributed by atoms with van der Waals surface area (Å²) in [4.78, 5) is 24.3. The number of ether oxygens (including phenoxy) is 1. The zero-order chi connectivity index (χ0) is 21.1. The summed E-state index contributed by atoms with van der Waals surface area (Å²) < 4.78 is 19.3. The molecule has 0 radical (unpaired) electrons. The molecule has 4 aromatic carbocycles. The Kier molecular flexibility index (Phi) is 5.26. The maximum atomic E-state index is 14.3. The monoisotopic (exact) mass is 399 g/mol. The molecule has 148 valence electrons. The van der Waals surface area contributed by atoms with Crippen LogP contribution in [0, 0.1) is 5.82 Å². The fourth-order valence-electron chi connectivity index (χ4n) is 3.32. The fraction of sp³-hybridized carbons (Fsp3) is 0.0400. The highest BCUT2D eigenvalue weighted by Crippen LogP contribution is 2.29. The Morgan fingerprint density at radius 3 is 2.33 bits per heavy atom. The van der Waals surface area contributed by atoms with Crippen LogP contribution in [0.4, 0.5) is 10.1 Å². The van der Waals surface area contributed by atoms with Gasteiger partial charge in [0.1, 0.15) is 11.6 Å². The molecule has 0 saturated carbocycles. The molecule has 4 nitrogen and oxygen atoms in total. The van der Waals surface area contributed by atoms with Crippen LogP contribution in [0.15, 0.2) is 84.9 Å². The summed E-state index contributed by atoms with van der Waals surface area (Å²) in [5.41, 5.74) is 2.21. The van der Waals surface area contributed by atoms with Gasteiger partial charge in [-0.05, 0) is 46.2 Å². The predicted molar refractivity (Wildman–Crippen MR) is 115 cm³/mol. The number of carbonyl (C=O) groups excluding carboxylic acids is 2. The van der Waals surface area contributed by atoms with Gasteiger partial charge < -0.3 is 10.1 Å². The van der Waals surface area contributed by atoms with Crippen LogP contribution < -0.4 is 10.1 Å². The Morgan fingerprint density at radius 1 is 0.833 bits per heavy atom. The lowest BCUT2D eigenvalue weighted by Gasteiger charge is -2.12. The van der Waals surface area contributed by atoms with Crippen molar-refractivity contribution in [2.45, 2.75) is 6.92 Å². The largest absolute Gasteiger partial charge is 0.427 e. The normalized spacial score (nSPS) is 10.6. The Bertz CT molecular complexity index is 1250. The molecule has 4 rings (SSSR count). The summed E-state index contributed by atoms with van der Waals surface area (Å²) in [6.45, 7) is 1.25. The number of amides is 1. The van der Waals surface area contributed by atoms with Gasteiger partial charge in [-0.3, -0.25) is 9.59 Å². The predicted octanol–water partition coefficient (Wildman–Crippen LogP) is 5.82. The van der Waals surface area contributed by atoms with Crippen molar-refractivity contribution >= 4 is 28.3 Å². The minimum atomic E-state index is -0.622. The Hall–Kier alpha value is -3.99. The summed E-state index contributed by atoms with van der Waals surface area (Å²) in [7, 11) is 0. The van der Waals surface area contributed by atoms with E-state index >= 15 is 0 Å². The molecule has 0 bridgehead atoms. The molecule has 0 aromatic heterocycles. The minimum absolute atomic E-state index is 0.0621. The molecular weight excluding hydrogens is 381 g/mol. The third-order valence-corrected chi connectivity index (χ3v) is 4.66. The summed E-state index contributed by atoms with van der Waals surface area (Å²) in [5, 5.41) is 4.26. The van der Waals surface area contributed by atoms with Gasteiger partial charge in [0, 0.05) is 18.6 Å². The first-order valence-electron chi connectivity index (χ1n) is 9.39. The van der Waals surface area contributed by atoms with Gasteiger partial charge in [-0.1, -0.05) is 54.6 Å². The molecule has 0 aliphatic carbocycles. The molecule has 0 heterocycles. The standard InChI is InChI=1S/C25H18FNO3/c1-16(28)30-20-11-12-23(26)24(15-20)27-25(29)22-14-19(17-7-3-2-4-8-17)13-18-9-5-6-10-21(18)22/h2-15H,1H3,(H,27,29).